The van der Waals surface area contributed by atoms with E-state index in [1.807, 2.05) is 0 Å². The largest absolute Gasteiger partial charge is 0.396 e. The molecule has 2 heteroatoms. The molecule has 0 aromatic heterocycles. The molecule has 4 unspecified atom stereocenters. The van der Waals surface area contributed by atoms with E-state index in [0.717, 1.165) is 6.42 Å². The van der Waals surface area contributed by atoms with Crippen LogP contribution in [0.3, 0.4) is 0 Å². The molecule has 0 saturated heterocycles. The summed E-state index contributed by atoms with van der Waals surface area (Å²) >= 11 is 0. The first-order valence-electron chi connectivity index (χ1n) is 3.80. The van der Waals surface area contributed by atoms with Gasteiger partial charge in [0, 0.05) is 18.4 Å². The van der Waals surface area contributed by atoms with Crippen molar-refractivity contribution in [2.45, 2.75) is 12.5 Å². The van der Waals surface area contributed by atoms with Crippen molar-refractivity contribution in [3.05, 3.63) is 12.2 Å². The van der Waals surface area contributed by atoms with Crippen LogP contribution in [-0.2, 0) is 0 Å². The van der Waals surface area contributed by atoms with Crippen molar-refractivity contribution >= 4 is 0 Å². The zero-order chi connectivity index (χ0) is 7.14. The van der Waals surface area contributed by atoms with Crippen LogP contribution in [0.2, 0.25) is 0 Å². The Morgan fingerprint density at radius 3 is 2.40 bits per heavy atom. The Balaban J connectivity index is 2.18. The molecule has 2 bridgehead atoms. The van der Waals surface area contributed by atoms with Gasteiger partial charge in [0.1, 0.15) is 0 Å². The second-order valence-corrected chi connectivity index (χ2v) is 3.29. The number of hydrogen-bond donors (Lipinski definition) is 2. The molecule has 0 aliphatic heterocycles. The summed E-state index contributed by atoms with van der Waals surface area (Å²) in [6.45, 7) is 0.132. The maximum atomic E-state index is 9.47. The van der Waals surface area contributed by atoms with Crippen LogP contribution in [0.5, 0.6) is 0 Å². The van der Waals surface area contributed by atoms with Gasteiger partial charge in [0.2, 0.25) is 0 Å². The third kappa shape index (κ3) is 0.662. The van der Waals surface area contributed by atoms with Crippen molar-refractivity contribution in [2.75, 3.05) is 6.61 Å². The van der Waals surface area contributed by atoms with E-state index in [1.54, 1.807) is 0 Å². The Morgan fingerprint density at radius 1 is 1.30 bits per heavy atom. The minimum Gasteiger partial charge on any atom is -0.396 e. The maximum absolute atomic E-state index is 9.47. The first-order chi connectivity index (χ1) is 4.83. The van der Waals surface area contributed by atoms with Gasteiger partial charge in [-0.2, -0.15) is 0 Å². The molecular weight excluding hydrogens is 128 g/mol. The first-order valence-corrected chi connectivity index (χ1v) is 3.80. The van der Waals surface area contributed by atoms with Crippen molar-refractivity contribution < 1.29 is 10.2 Å². The fraction of sp³-hybridized carbons (Fsp3) is 0.750. The van der Waals surface area contributed by atoms with Gasteiger partial charge in [0.15, 0.2) is 0 Å². The standard InChI is InChI=1S/C8H12O2/c9-4-7-5-1-2-6(3-5)8(7)10/h1-2,5-10H,3-4H2. The number of aliphatic hydroxyl groups is 2. The van der Waals surface area contributed by atoms with Gasteiger partial charge >= 0.3 is 0 Å². The molecule has 0 spiro atoms. The third-order valence-electron chi connectivity index (χ3n) is 2.79. The number of allylic oxidation sites excluding steroid dienone is 1. The van der Waals surface area contributed by atoms with E-state index < -0.39 is 0 Å². The molecule has 0 aromatic rings. The lowest BCUT2D eigenvalue weighted by atomic mass is 9.92. The molecule has 2 nitrogen and oxygen atoms in total. The van der Waals surface area contributed by atoms with Crippen molar-refractivity contribution in [3.63, 3.8) is 0 Å². The molecule has 0 radical (unpaired) electrons. The molecule has 1 fully saturated rings. The minimum absolute atomic E-state index is 0.120. The molecular formula is C8H12O2. The van der Waals surface area contributed by atoms with Gasteiger partial charge in [0.25, 0.3) is 0 Å². The Kier molecular flexibility index (Phi) is 1.32. The second kappa shape index (κ2) is 2.07. The number of hydrogen-bond acceptors (Lipinski definition) is 2. The van der Waals surface area contributed by atoms with E-state index in [1.165, 1.54) is 0 Å². The number of fused-ring (bicyclic) bond motifs is 2. The van der Waals surface area contributed by atoms with Gasteiger partial charge in [0.05, 0.1) is 6.10 Å². The maximum Gasteiger partial charge on any atom is 0.0658 e. The van der Waals surface area contributed by atoms with E-state index in [9.17, 15) is 5.11 Å². The Labute approximate surface area is 60.2 Å². The SMILES string of the molecule is OCC1C2C=CC(C2)C1O. The zero-order valence-corrected chi connectivity index (χ0v) is 5.77. The fourth-order valence-electron chi connectivity index (χ4n) is 2.14. The second-order valence-electron chi connectivity index (χ2n) is 3.29. The summed E-state index contributed by atoms with van der Waals surface area (Å²) in [5, 5.41) is 18.3. The van der Waals surface area contributed by atoms with Crippen LogP contribution in [-0.4, -0.2) is 22.9 Å². The molecule has 2 rings (SSSR count). The van der Waals surface area contributed by atoms with Crippen LogP contribution in [0.15, 0.2) is 12.2 Å². The zero-order valence-electron chi connectivity index (χ0n) is 5.77. The molecule has 2 aliphatic rings. The quantitative estimate of drug-likeness (QED) is 0.509. The van der Waals surface area contributed by atoms with Crippen molar-refractivity contribution in [2.24, 2.45) is 17.8 Å². The monoisotopic (exact) mass is 140 g/mol. The van der Waals surface area contributed by atoms with Crippen LogP contribution in [0.25, 0.3) is 0 Å². The molecule has 2 N–H and O–H groups in total. The molecule has 1 saturated carbocycles. The molecule has 0 amide bonds. The lowest BCUT2D eigenvalue weighted by Crippen LogP contribution is -2.27. The average Bonchev–Trinajstić information content (AvgIpc) is 2.46. The molecule has 0 heterocycles. The lowest BCUT2D eigenvalue weighted by Gasteiger charge is -2.20. The highest BCUT2D eigenvalue weighted by Gasteiger charge is 2.42. The molecule has 4 atom stereocenters. The number of rotatable bonds is 1. The molecule has 0 aromatic carbocycles. The van der Waals surface area contributed by atoms with Gasteiger partial charge in [-0.3, -0.25) is 0 Å². The minimum atomic E-state index is -0.278. The normalized spacial score (nSPS) is 50.6. The van der Waals surface area contributed by atoms with E-state index in [2.05, 4.69) is 12.2 Å². The van der Waals surface area contributed by atoms with Crippen molar-refractivity contribution in [3.8, 4) is 0 Å². The summed E-state index contributed by atoms with van der Waals surface area (Å²) in [7, 11) is 0. The highest BCUT2D eigenvalue weighted by Crippen LogP contribution is 2.43. The average molecular weight is 140 g/mol. The predicted octanol–water partition coefficient (Wildman–Crippen LogP) is 0.162. The van der Waals surface area contributed by atoms with E-state index in [4.69, 9.17) is 5.11 Å². The van der Waals surface area contributed by atoms with Crippen molar-refractivity contribution in [1.82, 2.24) is 0 Å². The molecule has 10 heavy (non-hydrogen) atoms. The van der Waals surface area contributed by atoms with Gasteiger partial charge in [-0.05, 0) is 12.3 Å². The third-order valence-corrected chi connectivity index (χ3v) is 2.79. The summed E-state index contributed by atoms with van der Waals surface area (Å²) in [5.41, 5.74) is 0. The molecule has 2 aliphatic carbocycles. The summed E-state index contributed by atoms with van der Waals surface area (Å²) in [4.78, 5) is 0. The van der Waals surface area contributed by atoms with Gasteiger partial charge in [-0.15, -0.1) is 0 Å². The van der Waals surface area contributed by atoms with Crippen LogP contribution in [0.1, 0.15) is 6.42 Å². The van der Waals surface area contributed by atoms with Crippen LogP contribution >= 0.6 is 0 Å². The van der Waals surface area contributed by atoms with Gasteiger partial charge in [-0.25, -0.2) is 0 Å². The van der Waals surface area contributed by atoms with E-state index >= 15 is 0 Å². The van der Waals surface area contributed by atoms with Gasteiger partial charge < -0.3 is 10.2 Å². The Bertz CT molecular complexity index is 165. The molecule has 56 valence electrons. The summed E-state index contributed by atoms with van der Waals surface area (Å²) in [6, 6.07) is 0. The lowest BCUT2D eigenvalue weighted by molar-refractivity contribution is 0.0598. The van der Waals surface area contributed by atoms with Crippen molar-refractivity contribution in [1.29, 1.82) is 0 Å². The first kappa shape index (κ1) is 6.38. The topological polar surface area (TPSA) is 40.5 Å². The van der Waals surface area contributed by atoms with E-state index in [0.29, 0.717) is 11.8 Å². The predicted molar refractivity (Wildman–Crippen MR) is 37.3 cm³/mol. The van der Waals surface area contributed by atoms with Crippen LogP contribution in [0.4, 0.5) is 0 Å². The summed E-state index contributed by atoms with van der Waals surface area (Å²) in [6.07, 6.45) is 4.96. The highest BCUT2D eigenvalue weighted by atomic mass is 16.3. The fourth-order valence-corrected chi connectivity index (χ4v) is 2.14. The Morgan fingerprint density at radius 2 is 2.00 bits per heavy atom. The highest BCUT2D eigenvalue weighted by molar-refractivity contribution is 5.13. The summed E-state index contributed by atoms with van der Waals surface area (Å²) < 4.78 is 0. The number of aliphatic hydroxyl groups excluding tert-OH is 2. The van der Waals surface area contributed by atoms with Crippen LogP contribution < -0.4 is 0 Å². The van der Waals surface area contributed by atoms with Crippen LogP contribution in [0, 0.1) is 17.8 Å². The van der Waals surface area contributed by atoms with Gasteiger partial charge in [-0.1, -0.05) is 12.2 Å². The van der Waals surface area contributed by atoms with E-state index in [-0.39, 0.29) is 18.6 Å². The smallest absolute Gasteiger partial charge is 0.0658 e. The Hall–Kier alpha value is -0.340. The summed E-state index contributed by atoms with van der Waals surface area (Å²) in [5.74, 6) is 0.905.